The Hall–Kier alpha value is -1.80. The molecule has 0 bridgehead atoms. The lowest BCUT2D eigenvalue weighted by atomic mass is 10.1. The summed E-state index contributed by atoms with van der Waals surface area (Å²) in [6.45, 7) is 1.82. The van der Waals surface area contributed by atoms with Gasteiger partial charge in [-0.05, 0) is 36.1 Å². The highest BCUT2D eigenvalue weighted by molar-refractivity contribution is 5.65. The number of hydrogen-bond acceptors (Lipinski definition) is 2. The minimum atomic E-state index is 0.383. The maximum Gasteiger partial charge on any atom is 0.0748 e. The largest absolute Gasteiger partial charge is 0.382 e. The normalized spacial score (nSPS) is 18.4. The minimum Gasteiger partial charge on any atom is -0.382 e. The molecule has 0 saturated carbocycles. The van der Waals surface area contributed by atoms with E-state index in [4.69, 9.17) is 4.74 Å². The summed E-state index contributed by atoms with van der Waals surface area (Å²) in [4.78, 5) is 0. The summed E-state index contributed by atoms with van der Waals surface area (Å²) in [7, 11) is 0. The average Bonchev–Trinajstić information content (AvgIpc) is 3.00. The van der Waals surface area contributed by atoms with Gasteiger partial charge in [0, 0.05) is 18.8 Å². The van der Waals surface area contributed by atoms with Gasteiger partial charge in [0.2, 0.25) is 0 Å². The van der Waals surface area contributed by atoms with Crippen molar-refractivity contribution in [1.82, 2.24) is 0 Å². The Bertz CT molecular complexity index is 501. The van der Waals surface area contributed by atoms with E-state index in [0.29, 0.717) is 6.10 Å². The van der Waals surface area contributed by atoms with Crippen molar-refractivity contribution in [3.63, 3.8) is 0 Å². The topological polar surface area (TPSA) is 21.3 Å². The third-order valence-corrected chi connectivity index (χ3v) is 3.55. The molecule has 1 heterocycles. The number of ether oxygens (including phenoxy) is 1. The quantitative estimate of drug-likeness (QED) is 0.891. The van der Waals surface area contributed by atoms with Gasteiger partial charge in [0.1, 0.15) is 0 Å². The molecular formula is C17H19NO. The monoisotopic (exact) mass is 253 g/mol. The van der Waals surface area contributed by atoms with Crippen molar-refractivity contribution in [2.75, 3.05) is 18.5 Å². The molecule has 1 atom stereocenters. The molecule has 1 unspecified atom stereocenters. The number of nitrogens with one attached hydrogen (secondary N) is 1. The molecule has 0 spiro atoms. The third kappa shape index (κ3) is 3.15. The zero-order chi connectivity index (χ0) is 12.9. The van der Waals surface area contributed by atoms with Crippen molar-refractivity contribution in [2.24, 2.45) is 0 Å². The van der Waals surface area contributed by atoms with E-state index in [9.17, 15) is 0 Å². The van der Waals surface area contributed by atoms with Gasteiger partial charge in [-0.3, -0.25) is 0 Å². The second-order valence-electron chi connectivity index (χ2n) is 4.96. The van der Waals surface area contributed by atoms with Crippen LogP contribution >= 0.6 is 0 Å². The molecule has 0 radical (unpaired) electrons. The first-order chi connectivity index (χ1) is 9.42. The molecule has 2 aromatic carbocycles. The highest BCUT2D eigenvalue weighted by Crippen LogP contribution is 2.21. The Labute approximate surface area is 114 Å². The second-order valence-corrected chi connectivity index (χ2v) is 4.96. The molecule has 2 nitrogen and oxygen atoms in total. The van der Waals surface area contributed by atoms with Crippen LogP contribution in [0.5, 0.6) is 0 Å². The Balaban J connectivity index is 1.62. The van der Waals surface area contributed by atoms with Gasteiger partial charge < -0.3 is 10.1 Å². The van der Waals surface area contributed by atoms with E-state index in [1.54, 1.807) is 0 Å². The number of anilines is 1. The summed E-state index contributed by atoms with van der Waals surface area (Å²) >= 11 is 0. The van der Waals surface area contributed by atoms with Crippen LogP contribution in [0.15, 0.2) is 54.6 Å². The summed E-state index contributed by atoms with van der Waals surface area (Å²) in [5.41, 5.74) is 3.67. The molecule has 1 N–H and O–H groups in total. The summed E-state index contributed by atoms with van der Waals surface area (Å²) < 4.78 is 5.61. The maximum atomic E-state index is 5.61. The summed E-state index contributed by atoms with van der Waals surface area (Å²) in [6, 6.07) is 19.0. The molecular weight excluding hydrogens is 234 g/mol. The van der Waals surface area contributed by atoms with Gasteiger partial charge >= 0.3 is 0 Å². The van der Waals surface area contributed by atoms with Gasteiger partial charge in [-0.25, -0.2) is 0 Å². The first kappa shape index (κ1) is 12.2. The second kappa shape index (κ2) is 5.89. The van der Waals surface area contributed by atoms with Gasteiger partial charge in [0.25, 0.3) is 0 Å². The Morgan fingerprint density at radius 1 is 0.947 bits per heavy atom. The first-order valence-electron chi connectivity index (χ1n) is 6.93. The molecule has 1 aliphatic rings. The molecule has 0 aromatic heterocycles. The highest BCUT2D eigenvalue weighted by atomic mass is 16.5. The van der Waals surface area contributed by atoms with Crippen molar-refractivity contribution in [1.29, 1.82) is 0 Å². The minimum absolute atomic E-state index is 0.383. The fourth-order valence-electron chi connectivity index (χ4n) is 2.45. The Kier molecular flexibility index (Phi) is 3.80. The van der Waals surface area contributed by atoms with E-state index in [2.05, 4.69) is 53.8 Å². The molecule has 2 aromatic rings. The van der Waals surface area contributed by atoms with E-state index >= 15 is 0 Å². The van der Waals surface area contributed by atoms with Crippen LogP contribution in [0.1, 0.15) is 12.8 Å². The predicted octanol–water partition coefficient (Wildman–Crippen LogP) is 3.94. The maximum absolute atomic E-state index is 5.61. The predicted molar refractivity (Wildman–Crippen MR) is 79.3 cm³/mol. The van der Waals surface area contributed by atoms with Crippen LogP contribution < -0.4 is 5.32 Å². The fraction of sp³-hybridized carbons (Fsp3) is 0.294. The molecule has 0 aliphatic carbocycles. The number of hydrogen-bond donors (Lipinski definition) is 1. The van der Waals surface area contributed by atoms with Crippen LogP contribution in [0.2, 0.25) is 0 Å². The van der Waals surface area contributed by atoms with Crippen LogP contribution in [-0.2, 0) is 4.74 Å². The van der Waals surface area contributed by atoms with Crippen molar-refractivity contribution < 1.29 is 4.74 Å². The molecule has 1 fully saturated rings. The summed E-state index contributed by atoms with van der Waals surface area (Å²) in [6.07, 6.45) is 2.75. The van der Waals surface area contributed by atoms with E-state index < -0.39 is 0 Å². The first-order valence-corrected chi connectivity index (χ1v) is 6.93. The lowest BCUT2D eigenvalue weighted by molar-refractivity contribution is 0.120. The molecule has 3 rings (SSSR count). The van der Waals surface area contributed by atoms with Gasteiger partial charge in [-0.15, -0.1) is 0 Å². The van der Waals surface area contributed by atoms with Crippen LogP contribution in [0, 0.1) is 0 Å². The fourth-order valence-corrected chi connectivity index (χ4v) is 2.45. The smallest absolute Gasteiger partial charge is 0.0748 e. The van der Waals surface area contributed by atoms with Crippen molar-refractivity contribution in [2.45, 2.75) is 18.9 Å². The van der Waals surface area contributed by atoms with Gasteiger partial charge in [-0.2, -0.15) is 0 Å². The zero-order valence-electron chi connectivity index (χ0n) is 11.0. The summed E-state index contributed by atoms with van der Waals surface area (Å²) in [5.74, 6) is 0. The van der Waals surface area contributed by atoms with E-state index in [0.717, 1.165) is 18.8 Å². The number of benzene rings is 2. The van der Waals surface area contributed by atoms with Crippen molar-refractivity contribution in [3.05, 3.63) is 54.6 Å². The van der Waals surface area contributed by atoms with Crippen LogP contribution in [0.25, 0.3) is 11.1 Å². The molecule has 0 amide bonds. The number of rotatable bonds is 4. The lowest BCUT2D eigenvalue weighted by Gasteiger charge is -2.12. The van der Waals surface area contributed by atoms with E-state index in [1.165, 1.54) is 24.0 Å². The molecule has 98 valence electrons. The summed E-state index contributed by atoms with van der Waals surface area (Å²) in [5, 5.41) is 3.44. The van der Waals surface area contributed by atoms with Crippen molar-refractivity contribution in [3.8, 4) is 11.1 Å². The Morgan fingerprint density at radius 3 is 2.37 bits per heavy atom. The van der Waals surface area contributed by atoms with Gasteiger partial charge in [-0.1, -0.05) is 42.5 Å². The molecule has 2 heteroatoms. The highest BCUT2D eigenvalue weighted by Gasteiger charge is 2.14. The zero-order valence-corrected chi connectivity index (χ0v) is 11.0. The molecule has 1 saturated heterocycles. The Morgan fingerprint density at radius 2 is 1.68 bits per heavy atom. The van der Waals surface area contributed by atoms with Crippen LogP contribution in [0.3, 0.4) is 0 Å². The van der Waals surface area contributed by atoms with Gasteiger partial charge in [0.05, 0.1) is 6.10 Å². The van der Waals surface area contributed by atoms with Crippen LogP contribution in [-0.4, -0.2) is 19.3 Å². The lowest BCUT2D eigenvalue weighted by Crippen LogP contribution is -2.18. The molecule has 1 aliphatic heterocycles. The van der Waals surface area contributed by atoms with E-state index in [-0.39, 0.29) is 0 Å². The van der Waals surface area contributed by atoms with Crippen molar-refractivity contribution >= 4 is 5.69 Å². The standard InChI is InChI=1S/C17H19NO/c1-2-5-14(6-3-1)15-8-10-16(11-9-15)18-13-17-7-4-12-19-17/h1-3,5-6,8-11,17-18H,4,7,12-13H2. The van der Waals surface area contributed by atoms with E-state index in [1.807, 2.05) is 6.07 Å². The molecule has 19 heavy (non-hydrogen) atoms. The van der Waals surface area contributed by atoms with Gasteiger partial charge in [0.15, 0.2) is 0 Å². The average molecular weight is 253 g/mol. The SMILES string of the molecule is c1ccc(-c2ccc(NCC3CCCO3)cc2)cc1. The third-order valence-electron chi connectivity index (χ3n) is 3.55. The van der Waals surface area contributed by atoms with Crippen LogP contribution in [0.4, 0.5) is 5.69 Å².